The number of aromatic amines is 2. The summed E-state index contributed by atoms with van der Waals surface area (Å²) in [5.41, 5.74) is 12.7. The van der Waals surface area contributed by atoms with Crippen LogP contribution in [0.25, 0.3) is 44.8 Å². The Morgan fingerprint density at radius 2 is 1.90 bits per heavy atom. The van der Waals surface area contributed by atoms with Gasteiger partial charge in [0.25, 0.3) is 0 Å². The second kappa shape index (κ2) is 6.56. The van der Waals surface area contributed by atoms with Gasteiger partial charge in [-0.05, 0) is 42.3 Å². The SMILES string of the molecule is Cc1c(N)cncc1-c1ccc2[nH]nc(-c3ncc(-c4cccc(F)c4)[nH]3)c2c1. The molecule has 3 aromatic heterocycles. The maximum Gasteiger partial charge on any atom is 0.159 e. The van der Waals surface area contributed by atoms with E-state index in [1.54, 1.807) is 18.5 Å². The van der Waals surface area contributed by atoms with Gasteiger partial charge in [0.15, 0.2) is 5.82 Å². The molecule has 0 fully saturated rings. The third-order valence-electron chi connectivity index (χ3n) is 5.06. The zero-order chi connectivity index (χ0) is 20.0. The monoisotopic (exact) mass is 384 g/mol. The lowest BCUT2D eigenvalue weighted by molar-refractivity contribution is 0.628. The van der Waals surface area contributed by atoms with Crippen molar-refractivity contribution in [2.24, 2.45) is 0 Å². The Bertz CT molecular complexity index is 1350. The maximum atomic E-state index is 13.5. The first-order chi connectivity index (χ1) is 14.1. The van der Waals surface area contributed by atoms with E-state index in [1.807, 2.05) is 37.4 Å². The second-order valence-electron chi connectivity index (χ2n) is 6.89. The van der Waals surface area contributed by atoms with Crippen molar-refractivity contribution in [1.82, 2.24) is 25.1 Å². The van der Waals surface area contributed by atoms with Crippen LogP contribution in [-0.2, 0) is 0 Å². The number of pyridine rings is 1. The van der Waals surface area contributed by atoms with Crippen molar-refractivity contribution >= 4 is 16.6 Å². The molecular weight excluding hydrogens is 367 g/mol. The van der Waals surface area contributed by atoms with Crippen molar-refractivity contribution in [3.63, 3.8) is 0 Å². The summed E-state index contributed by atoms with van der Waals surface area (Å²) in [5.74, 6) is 0.315. The molecular formula is C22H17FN6. The first-order valence-corrected chi connectivity index (χ1v) is 9.10. The molecule has 0 radical (unpaired) electrons. The molecule has 29 heavy (non-hydrogen) atoms. The number of imidazole rings is 1. The molecule has 142 valence electrons. The normalized spacial score (nSPS) is 11.2. The van der Waals surface area contributed by atoms with E-state index in [0.717, 1.165) is 38.9 Å². The Kier molecular flexibility index (Phi) is 3.87. The van der Waals surface area contributed by atoms with Crippen LogP contribution >= 0.6 is 0 Å². The quantitative estimate of drug-likeness (QED) is 0.420. The Morgan fingerprint density at radius 1 is 1.00 bits per heavy atom. The summed E-state index contributed by atoms with van der Waals surface area (Å²) < 4.78 is 13.5. The van der Waals surface area contributed by atoms with Crippen molar-refractivity contribution < 1.29 is 4.39 Å². The molecule has 6 nitrogen and oxygen atoms in total. The molecule has 0 spiro atoms. The van der Waals surface area contributed by atoms with Gasteiger partial charge in [-0.2, -0.15) is 5.10 Å². The molecule has 0 bridgehead atoms. The lowest BCUT2D eigenvalue weighted by Gasteiger charge is -2.08. The van der Waals surface area contributed by atoms with Crippen molar-refractivity contribution in [2.45, 2.75) is 6.92 Å². The van der Waals surface area contributed by atoms with Crippen molar-refractivity contribution in [1.29, 1.82) is 0 Å². The molecule has 0 saturated heterocycles. The number of H-pyrrole nitrogens is 2. The molecule has 2 aromatic carbocycles. The average Bonchev–Trinajstić information content (AvgIpc) is 3.36. The summed E-state index contributed by atoms with van der Waals surface area (Å²) in [6, 6.07) is 12.4. The summed E-state index contributed by atoms with van der Waals surface area (Å²) in [5, 5.41) is 8.39. The smallest absolute Gasteiger partial charge is 0.159 e. The Labute approximate surface area is 165 Å². The highest BCUT2D eigenvalue weighted by Crippen LogP contribution is 2.32. The summed E-state index contributed by atoms with van der Waals surface area (Å²) in [7, 11) is 0. The van der Waals surface area contributed by atoms with Gasteiger partial charge in [-0.3, -0.25) is 10.1 Å². The van der Waals surface area contributed by atoms with Crippen molar-refractivity contribution in [2.75, 3.05) is 5.73 Å². The fourth-order valence-electron chi connectivity index (χ4n) is 3.44. The number of nitrogens with two attached hydrogens (primary N) is 1. The molecule has 0 aliphatic heterocycles. The van der Waals surface area contributed by atoms with Gasteiger partial charge < -0.3 is 10.7 Å². The summed E-state index contributed by atoms with van der Waals surface area (Å²) in [4.78, 5) is 11.9. The topological polar surface area (TPSA) is 96.3 Å². The zero-order valence-electron chi connectivity index (χ0n) is 15.6. The molecule has 5 rings (SSSR count). The first-order valence-electron chi connectivity index (χ1n) is 9.10. The van der Waals surface area contributed by atoms with Crippen LogP contribution in [0.15, 0.2) is 61.1 Å². The number of nitrogens with zero attached hydrogens (tertiary/aromatic N) is 3. The van der Waals surface area contributed by atoms with Crippen LogP contribution in [0.5, 0.6) is 0 Å². The fourth-order valence-corrected chi connectivity index (χ4v) is 3.44. The minimum absolute atomic E-state index is 0.292. The van der Waals surface area contributed by atoms with Gasteiger partial charge in [0.1, 0.15) is 11.5 Å². The molecule has 0 unspecified atom stereocenters. The molecule has 0 aliphatic rings. The third kappa shape index (κ3) is 2.93. The van der Waals surface area contributed by atoms with Gasteiger partial charge in [0.2, 0.25) is 0 Å². The van der Waals surface area contributed by atoms with E-state index in [2.05, 4.69) is 25.1 Å². The molecule has 3 heterocycles. The number of halogens is 1. The average molecular weight is 384 g/mol. The molecule has 0 atom stereocenters. The Balaban J connectivity index is 1.61. The molecule has 0 saturated carbocycles. The predicted octanol–water partition coefficient (Wildman–Crippen LogP) is 4.71. The van der Waals surface area contributed by atoms with Gasteiger partial charge in [-0.25, -0.2) is 9.37 Å². The molecule has 0 aliphatic carbocycles. The van der Waals surface area contributed by atoms with Crippen LogP contribution in [0.4, 0.5) is 10.1 Å². The van der Waals surface area contributed by atoms with Crippen LogP contribution in [0.1, 0.15) is 5.56 Å². The largest absolute Gasteiger partial charge is 0.397 e. The van der Waals surface area contributed by atoms with E-state index in [-0.39, 0.29) is 5.82 Å². The van der Waals surface area contributed by atoms with E-state index in [4.69, 9.17) is 5.73 Å². The summed E-state index contributed by atoms with van der Waals surface area (Å²) in [6.45, 7) is 1.98. The standard InChI is InChI=1S/C22H17FN6/c1-12-17(9-25-10-18(12)24)13-5-6-19-16(8-13)21(29-28-19)22-26-11-20(27-22)14-3-2-4-15(23)7-14/h2-11H,24H2,1H3,(H,26,27)(H,28,29). The van der Waals surface area contributed by atoms with Gasteiger partial charge in [-0.1, -0.05) is 18.2 Å². The van der Waals surface area contributed by atoms with Crippen LogP contribution in [0, 0.1) is 12.7 Å². The predicted molar refractivity (Wildman–Crippen MR) is 111 cm³/mol. The summed E-state index contributed by atoms with van der Waals surface area (Å²) in [6.07, 6.45) is 5.14. The van der Waals surface area contributed by atoms with Crippen LogP contribution < -0.4 is 5.73 Å². The van der Waals surface area contributed by atoms with Crippen LogP contribution in [-0.4, -0.2) is 25.1 Å². The van der Waals surface area contributed by atoms with Gasteiger partial charge >= 0.3 is 0 Å². The summed E-state index contributed by atoms with van der Waals surface area (Å²) >= 11 is 0. The second-order valence-corrected chi connectivity index (χ2v) is 6.89. The highest BCUT2D eigenvalue weighted by Gasteiger charge is 2.14. The van der Waals surface area contributed by atoms with E-state index in [0.29, 0.717) is 17.2 Å². The minimum atomic E-state index is -0.292. The van der Waals surface area contributed by atoms with Crippen molar-refractivity contribution in [3.8, 4) is 33.9 Å². The van der Waals surface area contributed by atoms with Crippen LogP contribution in [0.3, 0.4) is 0 Å². The van der Waals surface area contributed by atoms with E-state index in [9.17, 15) is 4.39 Å². The Morgan fingerprint density at radius 3 is 2.76 bits per heavy atom. The van der Waals surface area contributed by atoms with E-state index in [1.165, 1.54) is 12.1 Å². The molecule has 5 aromatic rings. The number of nitrogens with one attached hydrogen (secondary N) is 2. The number of benzene rings is 2. The number of hydrogen-bond donors (Lipinski definition) is 3. The Hall–Kier alpha value is -4.00. The highest BCUT2D eigenvalue weighted by molar-refractivity contribution is 5.95. The lowest BCUT2D eigenvalue weighted by Crippen LogP contribution is -1.94. The lowest BCUT2D eigenvalue weighted by atomic mass is 10.00. The fraction of sp³-hybridized carbons (Fsp3) is 0.0455. The number of fused-ring (bicyclic) bond motifs is 1. The van der Waals surface area contributed by atoms with Gasteiger partial charge in [0, 0.05) is 22.7 Å². The third-order valence-corrected chi connectivity index (χ3v) is 5.06. The number of aromatic nitrogens is 5. The number of hydrogen-bond acceptors (Lipinski definition) is 4. The van der Waals surface area contributed by atoms with Gasteiger partial charge in [-0.15, -0.1) is 0 Å². The van der Waals surface area contributed by atoms with Crippen LogP contribution in [0.2, 0.25) is 0 Å². The molecule has 7 heteroatoms. The maximum absolute atomic E-state index is 13.5. The van der Waals surface area contributed by atoms with Gasteiger partial charge in [0.05, 0.1) is 29.3 Å². The zero-order valence-corrected chi connectivity index (χ0v) is 15.6. The minimum Gasteiger partial charge on any atom is -0.397 e. The number of rotatable bonds is 3. The van der Waals surface area contributed by atoms with E-state index < -0.39 is 0 Å². The first kappa shape index (κ1) is 17.1. The number of anilines is 1. The number of nitrogen functional groups attached to an aromatic ring is 1. The molecule has 0 amide bonds. The van der Waals surface area contributed by atoms with Crippen molar-refractivity contribution in [3.05, 3.63) is 72.4 Å². The van der Waals surface area contributed by atoms with E-state index >= 15 is 0 Å². The highest BCUT2D eigenvalue weighted by atomic mass is 19.1. The molecule has 4 N–H and O–H groups in total.